The molecule has 1 aromatic heterocycles. The molecule has 0 amide bonds. The maximum atomic E-state index is 10.6. The Kier molecular flexibility index (Phi) is 3.24. The van der Waals surface area contributed by atoms with E-state index in [1.54, 1.807) is 12.4 Å². The molecule has 1 heterocycles. The molecule has 1 aromatic carbocycles. The smallest absolute Gasteiger partial charge is 0.271 e. The Morgan fingerprint density at radius 1 is 1.53 bits per heavy atom. The van der Waals surface area contributed by atoms with E-state index in [0.717, 1.165) is 5.82 Å². The first kappa shape index (κ1) is 11.4. The monoisotopic (exact) mass is 252 g/mol. The van der Waals surface area contributed by atoms with Gasteiger partial charge in [0.25, 0.3) is 5.69 Å². The molecule has 0 aliphatic rings. The van der Waals surface area contributed by atoms with Gasteiger partial charge in [0.15, 0.2) is 0 Å². The summed E-state index contributed by atoms with van der Waals surface area (Å²) in [5, 5.41) is 14.0. The van der Waals surface area contributed by atoms with Crippen molar-refractivity contribution in [2.45, 2.75) is 6.54 Å². The molecule has 6 nitrogen and oxygen atoms in total. The van der Waals surface area contributed by atoms with Crippen LogP contribution >= 0.6 is 11.6 Å². The first-order valence-corrected chi connectivity index (χ1v) is 5.20. The van der Waals surface area contributed by atoms with Crippen LogP contribution in [-0.2, 0) is 6.54 Å². The minimum absolute atomic E-state index is 0.00338. The zero-order valence-corrected chi connectivity index (χ0v) is 9.44. The van der Waals surface area contributed by atoms with Crippen LogP contribution in [0.1, 0.15) is 5.82 Å². The lowest BCUT2D eigenvalue weighted by Crippen LogP contribution is -2.02. The van der Waals surface area contributed by atoms with Crippen LogP contribution in [-0.4, -0.2) is 14.9 Å². The number of halogens is 1. The van der Waals surface area contributed by atoms with Gasteiger partial charge in [0.1, 0.15) is 5.82 Å². The van der Waals surface area contributed by atoms with Crippen LogP contribution in [0.5, 0.6) is 0 Å². The number of anilines is 1. The van der Waals surface area contributed by atoms with Gasteiger partial charge in [-0.15, -0.1) is 0 Å². The summed E-state index contributed by atoms with van der Waals surface area (Å²) < 4.78 is 0. The zero-order valence-electron chi connectivity index (χ0n) is 8.68. The summed E-state index contributed by atoms with van der Waals surface area (Å²) in [5.74, 6) is 0.729. The van der Waals surface area contributed by atoms with Crippen LogP contribution in [0.2, 0.25) is 5.02 Å². The van der Waals surface area contributed by atoms with E-state index in [4.69, 9.17) is 11.6 Å². The first-order valence-electron chi connectivity index (χ1n) is 4.83. The van der Waals surface area contributed by atoms with Gasteiger partial charge in [-0.3, -0.25) is 10.1 Å². The average Bonchev–Trinajstić information content (AvgIpc) is 2.80. The number of aromatic amines is 1. The third-order valence-electron chi connectivity index (χ3n) is 2.16. The molecule has 0 saturated heterocycles. The maximum Gasteiger partial charge on any atom is 0.271 e. The Balaban J connectivity index is 2.14. The summed E-state index contributed by atoms with van der Waals surface area (Å²) in [5.41, 5.74) is 0.508. The van der Waals surface area contributed by atoms with Crippen LogP contribution in [0, 0.1) is 10.1 Å². The fourth-order valence-corrected chi connectivity index (χ4v) is 1.52. The van der Waals surface area contributed by atoms with Gasteiger partial charge in [0, 0.05) is 24.5 Å². The Morgan fingerprint density at radius 3 is 3.00 bits per heavy atom. The van der Waals surface area contributed by atoms with Gasteiger partial charge in [-0.1, -0.05) is 11.6 Å². The number of non-ortho nitro benzene ring substituents is 1. The minimum Gasteiger partial charge on any atom is -0.376 e. The molecule has 2 aromatic rings. The Labute approximate surface area is 102 Å². The predicted octanol–water partition coefficient (Wildman–Crippen LogP) is 2.58. The molecule has 0 saturated carbocycles. The summed E-state index contributed by atoms with van der Waals surface area (Å²) in [6.07, 6.45) is 3.33. The van der Waals surface area contributed by atoms with Crippen LogP contribution in [0.15, 0.2) is 30.6 Å². The quantitative estimate of drug-likeness (QED) is 0.647. The van der Waals surface area contributed by atoms with Crippen LogP contribution in [0.4, 0.5) is 11.4 Å². The number of nitrogens with one attached hydrogen (secondary N) is 2. The highest BCUT2D eigenvalue weighted by Gasteiger charge is 2.09. The molecule has 2 rings (SSSR count). The molecular weight excluding hydrogens is 244 g/mol. The SMILES string of the molecule is O=[N+]([O-])c1ccc(Cl)c(NCc2ncc[nH]2)c1. The normalized spacial score (nSPS) is 10.2. The van der Waals surface area contributed by atoms with Gasteiger partial charge in [0.05, 0.1) is 22.2 Å². The Hall–Kier alpha value is -2.08. The van der Waals surface area contributed by atoms with Gasteiger partial charge in [-0.2, -0.15) is 0 Å². The number of hydrogen-bond donors (Lipinski definition) is 2. The largest absolute Gasteiger partial charge is 0.376 e. The molecule has 0 atom stereocenters. The van der Waals surface area contributed by atoms with Crippen LogP contribution < -0.4 is 5.32 Å². The highest BCUT2D eigenvalue weighted by molar-refractivity contribution is 6.33. The van der Waals surface area contributed by atoms with Crippen LogP contribution in [0.25, 0.3) is 0 Å². The fraction of sp³-hybridized carbons (Fsp3) is 0.100. The third kappa shape index (κ3) is 2.73. The van der Waals surface area contributed by atoms with Gasteiger partial charge in [-0.25, -0.2) is 4.98 Å². The lowest BCUT2D eigenvalue weighted by atomic mass is 10.3. The number of nitro groups is 1. The molecule has 0 aliphatic heterocycles. The number of nitro benzene ring substituents is 1. The van der Waals surface area contributed by atoms with E-state index in [9.17, 15) is 10.1 Å². The van der Waals surface area contributed by atoms with Gasteiger partial charge >= 0.3 is 0 Å². The molecule has 0 aliphatic carbocycles. The lowest BCUT2D eigenvalue weighted by molar-refractivity contribution is -0.384. The Bertz CT molecular complexity index is 527. The second-order valence-corrected chi connectivity index (χ2v) is 3.72. The maximum absolute atomic E-state index is 10.6. The summed E-state index contributed by atoms with van der Waals surface area (Å²) in [4.78, 5) is 17.1. The fourth-order valence-electron chi connectivity index (χ4n) is 1.34. The van der Waals surface area contributed by atoms with Crippen molar-refractivity contribution in [1.29, 1.82) is 0 Å². The summed E-state index contributed by atoms with van der Waals surface area (Å²) in [6, 6.07) is 4.25. The van der Waals surface area contributed by atoms with E-state index >= 15 is 0 Å². The summed E-state index contributed by atoms with van der Waals surface area (Å²) in [7, 11) is 0. The molecule has 88 valence electrons. The van der Waals surface area contributed by atoms with E-state index < -0.39 is 4.92 Å². The standard InChI is InChI=1S/C10H9ClN4O2/c11-8-2-1-7(15(16)17)5-9(8)14-6-10-12-3-4-13-10/h1-5,14H,6H2,(H,12,13). The van der Waals surface area contributed by atoms with Crippen molar-refractivity contribution >= 4 is 23.0 Å². The molecule has 0 radical (unpaired) electrons. The van der Waals surface area contributed by atoms with E-state index in [2.05, 4.69) is 15.3 Å². The first-order chi connectivity index (χ1) is 8.16. The number of H-pyrrole nitrogens is 1. The van der Waals surface area contributed by atoms with Gasteiger partial charge in [-0.05, 0) is 6.07 Å². The second kappa shape index (κ2) is 4.84. The molecule has 17 heavy (non-hydrogen) atoms. The highest BCUT2D eigenvalue weighted by atomic mass is 35.5. The van der Waals surface area contributed by atoms with Gasteiger partial charge < -0.3 is 10.3 Å². The van der Waals surface area contributed by atoms with Crippen molar-refractivity contribution in [2.24, 2.45) is 0 Å². The minimum atomic E-state index is -0.464. The van der Waals surface area contributed by atoms with E-state index in [1.807, 2.05) is 0 Å². The average molecular weight is 253 g/mol. The van der Waals surface area contributed by atoms with Crippen molar-refractivity contribution in [3.8, 4) is 0 Å². The second-order valence-electron chi connectivity index (χ2n) is 3.31. The number of aromatic nitrogens is 2. The molecule has 7 heteroatoms. The lowest BCUT2D eigenvalue weighted by Gasteiger charge is -2.06. The zero-order chi connectivity index (χ0) is 12.3. The number of nitrogens with zero attached hydrogens (tertiary/aromatic N) is 2. The Morgan fingerprint density at radius 2 is 2.35 bits per heavy atom. The van der Waals surface area contributed by atoms with Gasteiger partial charge in [0.2, 0.25) is 0 Å². The molecule has 0 bridgehead atoms. The van der Waals surface area contributed by atoms with Crippen molar-refractivity contribution in [3.05, 3.63) is 51.6 Å². The molecular formula is C10H9ClN4O2. The summed E-state index contributed by atoms with van der Waals surface area (Å²) >= 11 is 5.93. The molecule has 0 unspecified atom stereocenters. The number of hydrogen-bond acceptors (Lipinski definition) is 4. The van der Waals surface area contributed by atoms with E-state index in [0.29, 0.717) is 17.3 Å². The van der Waals surface area contributed by atoms with Crippen molar-refractivity contribution < 1.29 is 4.92 Å². The topological polar surface area (TPSA) is 83.8 Å². The predicted molar refractivity (Wildman–Crippen MR) is 64.0 cm³/mol. The molecule has 0 spiro atoms. The van der Waals surface area contributed by atoms with Crippen molar-refractivity contribution in [3.63, 3.8) is 0 Å². The number of rotatable bonds is 4. The van der Waals surface area contributed by atoms with Crippen LogP contribution in [0.3, 0.4) is 0 Å². The van der Waals surface area contributed by atoms with E-state index in [1.165, 1.54) is 18.2 Å². The van der Waals surface area contributed by atoms with Crippen molar-refractivity contribution in [2.75, 3.05) is 5.32 Å². The number of benzene rings is 1. The number of imidazole rings is 1. The third-order valence-corrected chi connectivity index (χ3v) is 2.49. The highest BCUT2D eigenvalue weighted by Crippen LogP contribution is 2.26. The summed E-state index contributed by atoms with van der Waals surface area (Å²) in [6.45, 7) is 0.424. The van der Waals surface area contributed by atoms with Crippen molar-refractivity contribution in [1.82, 2.24) is 9.97 Å². The molecule has 0 fully saturated rings. The van der Waals surface area contributed by atoms with E-state index in [-0.39, 0.29) is 5.69 Å². The molecule has 2 N–H and O–H groups in total.